The number of carbonyl (C=O) groups excluding carboxylic acids is 2. The number of halogens is 1. The Morgan fingerprint density at radius 2 is 1.85 bits per heavy atom. The zero-order valence-electron chi connectivity index (χ0n) is 19.0. The highest BCUT2D eigenvalue weighted by Gasteiger charge is 2.19. The van der Waals surface area contributed by atoms with Crippen LogP contribution in [0, 0.1) is 20.8 Å². The van der Waals surface area contributed by atoms with E-state index in [1.807, 2.05) is 51.1 Å². The number of rotatable bonds is 6. The first kappa shape index (κ1) is 22.6. The summed E-state index contributed by atoms with van der Waals surface area (Å²) in [6.45, 7) is 7.54. The summed E-state index contributed by atoms with van der Waals surface area (Å²) in [6, 6.07) is 14.4. The maximum Gasteiger partial charge on any atom is 0.248 e. The molecule has 0 fully saturated rings. The molecule has 0 aliphatic rings. The van der Waals surface area contributed by atoms with E-state index in [0.717, 1.165) is 33.5 Å². The fraction of sp³-hybridized carbons (Fsp3) is 0.240. The van der Waals surface area contributed by atoms with Gasteiger partial charge in [0.25, 0.3) is 0 Å². The van der Waals surface area contributed by atoms with Gasteiger partial charge in [-0.25, -0.2) is 0 Å². The topological polar surface area (TPSA) is 91.8 Å². The molecule has 4 rings (SSSR count). The number of aryl methyl sites for hydroxylation is 3. The molecule has 0 aliphatic heterocycles. The second kappa shape index (κ2) is 9.11. The van der Waals surface area contributed by atoms with Crippen LogP contribution in [0.1, 0.15) is 35.6 Å². The third-order valence-corrected chi connectivity index (χ3v) is 5.98. The van der Waals surface area contributed by atoms with Gasteiger partial charge in [0.15, 0.2) is 0 Å². The molecule has 7 nitrogen and oxygen atoms in total. The lowest BCUT2D eigenvalue weighted by Crippen LogP contribution is -2.25. The van der Waals surface area contributed by atoms with Gasteiger partial charge < -0.3 is 15.6 Å². The van der Waals surface area contributed by atoms with Crippen molar-refractivity contribution in [2.24, 2.45) is 0 Å². The Balaban J connectivity index is 1.43. The highest BCUT2D eigenvalue weighted by Crippen LogP contribution is 2.27. The molecule has 1 atom stereocenters. The van der Waals surface area contributed by atoms with Gasteiger partial charge in [-0.15, -0.1) is 0 Å². The number of H-pyrrole nitrogens is 1. The summed E-state index contributed by atoms with van der Waals surface area (Å²) in [6.07, 6.45) is 0.242. The highest BCUT2D eigenvalue weighted by atomic mass is 35.5. The van der Waals surface area contributed by atoms with Crippen LogP contribution in [0.25, 0.3) is 10.9 Å². The van der Waals surface area contributed by atoms with Gasteiger partial charge in [0.05, 0.1) is 22.8 Å². The van der Waals surface area contributed by atoms with E-state index in [9.17, 15) is 9.59 Å². The molecule has 0 aliphatic carbocycles. The molecule has 170 valence electrons. The van der Waals surface area contributed by atoms with Gasteiger partial charge >= 0.3 is 0 Å². The molecule has 8 heteroatoms. The summed E-state index contributed by atoms with van der Waals surface area (Å²) < 4.78 is 1.68. The van der Waals surface area contributed by atoms with Gasteiger partial charge in [-0.05, 0) is 63.6 Å². The van der Waals surface area contributed by atoms with Crippen molar-refractivity contribution in [2.45, 2.75) is 40.2 Å². The summed E-state index contributed by atoms with van der Waals surface area (Å²) in [5.74, 6) is -0.372. The van der Waals surface area contributed by atoms with E-state index in [4.69, 9.17) is 11.6 Å². The normalized spacial score (nSPS) is 12.0. The molecule has 2 heterocycles. The Hall–Kier alpha value is -3.58. The molecule has 0 saturated carbocycles. The number of para-hydroxylation sites is 1. The molecular weight excluding hydrogens is 438 g/mol. The van der Waals surface area contributed by atoms with Crippen molar-refractivity contribution < 1.29 is 9.59 Å². The van der Waals surface area contributed by atoms with Gasteiger partial charge in [-0.3, -0.25) is 14.3 Å². The number of nitrogens with one attached hydrogen (secondary N) is 3. The number of benzene rings is 2. The average Bonchev–Trinajstić information content (AvgIpc) is 3.27. The third-order valence-electron chi connectivity index (χ3n) is 5.67. The molecular formula is C25H26ClN5O2. The van der Waals surface area contributed by atoms with Crippen molar-refractivity contribution in [3.8, 4) is 0 Å². The lowest BCUT2D eigenvalue weighted by molar-refractivity contribution is -0.119. The zero-order chi connectivity index (χ0) is 23.7. The predicted octanol–water partition coefficient (Wildman–Crippen LogP) is 5.32. The van der Waals surface area contributed by atoms with Crippen molar-refractivity contribution in [3.63, 3.8) is 0 Å². The Labute approximate surface area is 197 Å². The number of aromatic nitrogens is 3. The molecule has 2 amide bonds. The number of amides is 2. The highest BCUT2D eigenvalue weighted by molar-refractivity contribution is 6.34. The average molecular weight is 464 g/mol. The summed E-state index contributed by atoms with van der Waals surface area (Å²) in [7, 11) is 0. The van der Waals surface area contributed by atoms with Crippen molar-refractivity contribution in [2.75, 3.05) is 10.6 Å². The second-order valence-corrected chi connectivity index (χ2v) is 8.64. The largest absolute Gasteiger partial charge is 0.358 e. The van der Waals surface area contributed by atoms with Crippen LogP contribution in [0.5, 0.6) is 0 Å². The third kappa shape index (κ3) is 4.78. The summed E-state index contributed by atoms with van der Waals surface area (Å²) in [4.78, 5) is 28.7. The first-order valence-corrected chi connectivity index (χ1v) is 11.1. The van der Waals surface area contributed by atoms with E-state index in [1.165, 1.54) is 0 Å². The number of hydrogen-bond donors (Lipinski definition) is 3. The molecule has 1 unspecified atom stereocenters. The molecule has 2 aromatic carbocycles. The van der Waals surface area contributed by atoms with E-state index in [0.29, 0.717) is 16.4 Å². The standard InChI is InChI=1S/C25H26ClN5O2/c1-14-11-15(2)31(30-14)17(4)25(33)29-23-10-9-18(12-21(23)26)28-24(32)13-20-16(3)27-22-8-6-5-7-19(20)22/h5-12,17,27H,13H2,1-4H3,(H,28,32)(H,29,33). The fourth-order valence-corrected chi connectivity index (χ4v) is 4.24. The quantitative estimate of drug-likeness (QED) is 0.361. The van der Waals surface area contributed by atoms with Gasteiger partial charge in [0.1, 0.15) is 6.04 Å². The van der Waals surface area contributed by atoms with Crippen LogP contribution < -0.4 is 10.6 Å². The van der Waals surface area contributed by atoms with Crippen LogP contribution in [0.15, 0.2) is 48.5 Å². The number of nitrogens with zero attached hydrogens (tertiary/aromatic N) is 2. The van der Waals surface area contributed by atoms with Crippen molar-refractivity contribution in [1.82, 2.24) is 14.8 Å². The summed E-state index contributed by atoms with van der Waals surface area (Å²) in [5.41, 5.74) is 5.75. The Morgan fingerprint density at radius 1 is 1.09 bits per heavy atom. The van der Waals surface area contributed by atoms with Crippen LogP contribution in [-0.4, -0.2) is 26.6 Å². The lowest BCUT2D eigenvalue weighted by Gasteiger charge is -2.16. The maximum absolute atomic E-state index is 12.7. The Kier molecular flexibility index (Phi) is 6.24. The van der Waals surface area contributed by atoms with Crippen LogP contribution in [-0.2, 0) is 16.0 Å². The lowest BCUT2D eigenvalue weighted by atomic mass is 10.1. The van der Waals surface area contributed by atoms with E-state index in [-0.39, 0.29) is 18.2 Å². The molecule has 4 aromatic rings. The summed E-state index contributed by atoms with van der Waals surface area (Å²) >= 11 is 6.40. The SMILES string of the molecule is Cc1cc(C)n(C(C)C(=O)Nc2ccc(NC(=O)Cc3c(C)[nH]c4ccccc34)cc2Cl)n1. The molecule has 2 aromatic heterocycles. The molecule has 0 spiro atoms. The van der Waals surface area contributed by atoms with Gasteiger partial charge in [-0.1, -0.05) is 29.8 Å². The van der Waals surface area contributed by atoms with Crippen LogP contribution in [0.4, 0.5) is 11.4 Å². The predicted molar refractivity (Wildman–Crippen MR) is 132 cm³/mol. The summed E-state index contributed by atoms with van der Waals surface area (Å²) in [5, 5.41) is 11.5. The molecule has 0 radical (unpaired) electrons. The monoisotopic (exact) mass is 463 g/mol. The first-order valence-electron chi connectivity index (χ1n) is 10.7. The second-order valence-electron chi connectivity index (χ2n) is 8.23. The maximum atomic E-state index is 12.7. The van der Waals surface area contributed by atoms with E-state index >= 15 is 0 Å². The zero-order valence-corrected chi connectivity index (χ0v) is 19.7. The van der Waals surface area contributed by atoms with E-state index in [2.05, 4.69) is 20.7 Å². The van der Waals surface area contributed by atoms with Crippen LogP contribution >= 0.6 is 11.6 Å². The first-order chi connectivity index (χ1) is 15.7. The number of fused-ring (bicyclic) bond motifs is 1. The van der Waals surface area contributed by atoms with E-state index < -0.39 is 6.04 Å². The minimum atomic E-state index is -0.492. The number of carbonyl (C=O) groups is 2. The van der Waals surface area contributed by atoms with Gasteiger partial charge in [-0.2, -0.15) is 5.10 Å². The molecule has 0 bridgehead atoms. The van der Waals surface area contributed by atoms with Crippen LogP contribution in [0.3, 0.4) is 0 Å². The Bertz CT molecular complexity index is 1350. The minimum Gasteiger partial charge on any atom is -0.358 e. The molecule has 33 heavy (non-hydrogen) atoms. The smallest absolute Gasteiger partial charge is 0.248 e. The fourth-order valence-electron chi connectivity index (χ4n) is 4.01. The van der Waals surface area contributed by atoms with E-state index in [1.54, 1.807) is 29.8 Å². The number of hydrogen-bond acceptors (Lipinski definition) is 3. The van der Waals surface area contributed by atoms with Crippen molar-refractivity contribution in [3.05, 3.63) is 76.2 Å². The van der Waals surface area contributed by atoms with Crippen molar-refractivity contribution >= 4 is 45.7 Å². The molecule has 0 saturated heterocycles. The van der Waals surface area contributed by atoms with Gasteiger partial charge in [0.2, 0.25) is 11.8 Å². The van der Waals surface area contributed by atoms with Crippen LogP contribution in [0.2, 0.25) is 5.02 Å². The number of aromatic amines is 1. The minimum absolute atomic E-state index is 0.145. The Morgan fingerprint density at radius 3 is 2.55 bits per heavy atom. The number of anilines is 2. The molecule has 3 N–H and O–H groups in total. The van der Waals surface area contributed by atoms with Gasteiger partial charge in [0, 0.05) is 28.0 Å². The van der Waals surface area contributed by atoms with Crippen molar-refractivity contribution in [1.29, 1.82) is 0 Å².